The Kier molecular flexibility index (Phi) is 3.25. The molecule has 1 aromatic heterocycles. The van der Waals surface area contributed by atoms with Crippen LogP contribution in [-0.4, -0.2) is 26.6 Å². The maximum atomic E-state index is 9.48. The Bertz CT molecular complexity index is 235. The van der Waals surface area contributed by atoms with Gasteiger partial charge in [0.2, 0.25) is 0 Å². The maximum Gasteiger partial charge on any atom is 0.0979 e. The third-order valence-corrected chi connectivity index (χ3v) is 1.71. The molecule has 0 spiro atoms. The molecule has 0 amide bonds. The Labute approximate surface area is 71.5 Å². The topological polar surface area (TPSA) is 58.3 Å². The minimum Gasteiger partial charge on any atom is -0.396 e. The normalized spacial score (nSPS) is 13.2. The van der Waals surface area contributed by atoms with Gasteiger partial charge in [-0.15, -0.1) is 0 Å². The van der Waals surface area contributed by atoms with Gasteiger partial charge >= 0.3 is 0 Å². The van der Waals surface area contributed by atoms with E-state index in [-0.39, 0.29) is 6.61 Å². The van der Waals surface area contributed by atoms with Gasteiger partial charge in [-0.2, -0.15) is 5.10 Å². The standard InChI is InChI=1S/C8H14N2O2/c1-10-5-4-7(9-10)8(12)3-2-6-11/h4-5,8,11-12H,2-3,6H2,1H3. The van der Waals surface area contributed by atoms with Crippen molar-refractivity contribution in [1.82, 2.24) is 9.78 Å². The van der Waals surface area contributed by atoms with Crippen molar-refractivity contribution in [2.45, 2.75) is 18.9 Å². The van der Waals surface area contributed by atoms with Gasteiger partial charge in [0.05, 0.1) is 11.8 Å². The molecule has 0 aliphatic carbocycles. The zero-order chi connectivity index (χ0) is 8.97. The maximum absolute atomic E-state index is 9.48. The van der Waals surface area contributed by atoms with Crippen LogP contribution in [0.4, 0.5) is 0 Å². The molecule has 68 valence electrons. The van der Waals surface area contributed by atoms with E-state index in [2.05, 4.69) is 5.10 Å². The van der Waals surface area contributed by atoms with Crippen LogP contribution >= 0.6 is 0 Å². The Morgan fingerprint density at radius 1 is 1.67 bits per heavy atom. The first kappa shape index (κ1) is 9.22. The molecule has 0 saturated carbocycles. The minimum absolute atomic E-state index is 0.115. The average Bonchev–Trinajstić information content (AvgIpc) is 2.47. The van der Waals surface area contributed by atoms with Crippen molar-refractivity contribution in [2.75, 3.05) is 6.61 Å². The predicted molar refractivity (Wildman–Crippen MR) is 44.5 cm³/mol. The van der Waals surface area contributed by atoms with E-state index in [1.54, 1.807) is 16.9 Å². The number of rotatable bonds is 4. The summed E-state index contributed by atoms with van der Waals surface area (Å²) in [6.45, 7) is 0.115. The fraction of sp³-hybridized carbons (Fsp3) is 0.625. The summed E-state index contributed by atoms with van der Waals surface area (Å²) >= 11 is 0. The van der Waals surface area contributed by atoms with Crippen molar-refractivity contribution in [1.29, 1.82) is 0 Å². The van der Waals surface area contributed by atoms with E-state index >= 15 is 0 Å². The van der Waals surface area contributed by atoms with Gasteiger partial charge in [-0.3, -0.25) is 4.68 Å². The Morgan fingerprint density at radius 2 is 2.42 bits per heavy atom. The van der Waals surface area contributed by atoms with Crippen LogP contribution in [0, 0.1) is 0 Å². The quantitative estimate of drug-likeness (QED) is 0.680. The molecular weight excluding hydrogens is 156 g/mol. The van der Waals surface area contributed by atoms with E-state index in [1.165, 1.54) is 0 Å². The first-order chi connectivity index (χ1) is 5.74. The molecular formula is C8H14N2O2. The summed E-state index contributed by atoms with van der Waals surface area (Å²) < 4.78 is 1.65. The molecule has 1 heterocycles. The van der Waals surface area contributed by atoms with Gasteiger partial charge in [0, 0.05) is 19.9 Å². The van der Waals surface area contributed by atoms with Crippen LogP contribution in [0.15, 0.2) is 12.3 Å². The molecule has 1 rings (SSSR count). The monoisotopic (exact) mass is 170 g/mol. The predicted octanol–water partition coefficient (Wildman–Crippen LogP) is 0.226. The molecule has 4 nitrogen and oxygen atoms in total. The molecule has 12 heavy (non-hydrogen) atoms. The van der Waals surface area contributed by atoms with Gasteiger partial charge in [0.25, 0.3) is 0 Å². The van der Waals surface area contributed by atoms with Gasteiger partial charge in [-0.05, 0) is 18.9 Å². The molecule has 1 aromatic rings. The molecule has 0 saturated heterocycles. The highest BCUT2D eigenvalue weighted by Gasteiger charge is 2.08. The van der Waals surface area contributed by atoms with Crippen LogP contribution in [0.5, 0.6) is 0 Å². The van der Waals surface area contributed by atoms with Crippen molar-refractivity contribution in [3.8, 4) is 0 Å². The Hall–Kier alpha value is -0.870. The number of aromatic nitrogens is 2. The summed E-state index contributed by atoms with van der Waals surface area (Å²) in [7, 11) is 1.81. The first-order valence-electron chi connectivity index (χ1n) is 4.02. The number of nitrogens with zero attached hydrogens (tertiary/aromatic N) is 2. The number of aryl methyl sites for hydroxylation is 1. The van der Waals surface area contributed by atoms with Crippen molar-refractivity contribution in [3.05, 3.63) is 18.0 Å². The van der Waals surface area contributed by atoms with E-state index in [4.69, 9.17) is 5.11 Å². The highest BCUT2D eigenvalue weighted by atomic mass is 16.3. The average molecular weight is 170 g/mol. The summed E-state index contributed by atoms with van der Waals surface area (Å²) in [4.78, 5) is 0. The molecule has 0 bridgehead atoms. The van der Waals surface area contributed by atoms with E-state index in [0.29, 0.717) is 18.5 Å². The summed E-state index contributed by atoms with van der Waals surface area (Å²) in [6, 6.07) is 1.78. The summed E-state index contributed by atoms with van der Waals surface area (Å²) in [6.07, 6.45) is 2.42. The second-order valence-electron chi connectivity index (χ2n) is 2.80. The molecule has 0 aliphatic rings. The van der Waals surface area contributed by atoms with Crippen LogP contribution in [0.3, 0.4) is 0 Å². The van der Waals surface area contributed by atoms with Gasteiger partial charge in [0.15, 0.2) is 0 Å². The second kappa shape index (κ2) is 4.23. The van der Waals surface area contributed by atoms with Crippen molar-refractivity contribution < 1.29 is 10.2 Å². The second-order valence-corrected chi connectivity index (χ2v) is 2.80. The lowest BCUT2D eigenvalue weighted by Crippen LogP contribution is -2.00. The van der Waals surface area contributed by atoms with Crippen LogP contribution in [0.25, 0.3) is 0 Å². The van der Waals surface area contributed by atoms with E-state index in [0.717, 1.165) is 0 Å². The largest absolute Gasteiger partial charge is 0.396 e. The highest BCUT2D eigenvalue weighted by Crippen LogP contribution is 2.14. The first-order valence-corrected chi connectivity index (χ1v) is 4.02. The van der Waals surface area contributed by atoms with Gasteiger partial charge < -0.3 is 10.2 Å². The molecule has 2 N–H and O–H groups in total. The van der Waals surface area contributed by atoms with Gasteiger partial charge in [-0.25, -0.2) is 0 Å². The summed E-state index contributed by atoms with van der Waals surface area (Å²) in [5, 5.41) is 22.1. The van der Waals surface area contributed by atoms with Crippen LogP contribution in [-0.2, 0) is 7.05 Å². The number of hydrogen-bond donors (Lipinski definition) is 2. The SMILES string of the molecule is Cn1ccc(C(O)CCCO)n1. The van der Waals surface area contributed by atoms with Gasteiger partial charge in [0.1, 0.15) is 0 Å². The van der Waals surface area contributed by atoms with E-state index in [9.17, 15) is 5.11 Å². The summed E-state index contributed by atoms with van der Waals surface area (Å²) in [5.74, 6) is 0. The lowest BCUT2D eigenvalue weighted by molar-refractivity contribution is 0.147. The fourth-order valence-electron chi connectivity index (χ4n) is 1.04. The van der Waals surface area contributed by atoms with Gasteiger partial charge in [-0.1, -0.05) is 0 Å². The zero-order valence-electron chi connectivity index (χ0n) is 7.14. The number of aliphatic hydroxyl groups is 2. The number of aliphatic hydroxyl groups excluding tert-OH is 2. The van der Waals surface area contributed by atoms with Crippen LogP contribution in [0.1, 0.15) is 24.6 Å². The molecule has 0 aromatic carbocycles. The number of hydrogen-bond acceptors (Lipinski definition) is 3. The Morgan fingerprint density at radius 3 is 2.92 bits per heavy atom. The molecule has 1 unspecified atom stereocenters. The molecule has 1 atom stereocenters. The highest BCUT2D eigenvalue weighted by molar-refractivity contribution is 5.02. The summed E-state index contributed by atoms with van der Waals surface area (Å²) in [5.41, 5.74) is 0.672. The lowest BCUT2D eigenvalue weighted by atomic mass is 10.1. The zero-order valence-corrected chi connectivity index (χ0v) is 7.14. The minimum atomic E-state index is -0.543. The van der Waals surface area contributed by atoms with E-state index < -0.39 is 6.10 Å². The lowest BCUT2D eigenvalue weighted by Gasteiger charge is -2.04. The van der Waals surface area contributed by atoms with E-state index in [1.807, 2.05) is 7.05 Å². The van der Waals surface area contributed by atoms with Crippen molar-refractivity contribution in [3.63, 3.8) is 0 Å². The fourth-order valence-corrected chi connectivity index (χ4v) is 1.04. The van der Waals surface area contributed by atoms with Crippen molar-refractivity contribution in [2.24, 2.45) is 7.05 Å². The van der Waals surface area contributed by atoms with Crippen LogP contribution in [0.2, 0.25) is 0 Å². The molecule has 0 radical (unpaired) electrons. The third kappa shape index (κ3) is 2.32. The van der Waals surface area contributed by atoms with Crippen LogP contribution < -0.4 is 0 Å². The smallest absolute Gasteiger partial charge is 0.0979 e. The third-order valence-electron chi connectivity index (χ3n) is 1.71. The molecule has 4 heteroatoms. The van der Waals surface area contributed by atoms with Crippen molar-refractivity contribution >= 4 is 0 Å². The molecule has 0 fully saturated rings. The Balaban J connectivity index is 2.47. The molecule has 0 aliphatic heterocycles.